The Hall–Kier alpha value is -2.32. The van der Waals surface area contributed by atoms with E-state index in [4.69, 9.17) is 16.3 Å². The molecule has 2 saturated heterocycles. The van der Waals surface area contributed by atoms with Crippen LogP contribution in [0.15, 0.2) is 48.5 Å². The number of likely N-dealkylation sites (tertiary alicyclic amines) is 2. The van der Waals surface area contributed by atoms with Crippen molar-refractivity contribution in [1.29, 1.82) is 0 Å². The number of halogens is 1. The van der Waals surface area contributed by atoms with E-state index in [1.807, 2.05) is 42.5 Å². The summed E-state index contributed by atoms with van der Waals surface area (Å²) < 4.78 is 5.42. The van der Waals surface area contributed by atoms with E-state index in [1.54, 1.807) is 4.90 Å². The first-order valence-electron chi connectivity index (χ1n) is 12.5. The number of β-amino-alcohol motifs (C(OH)–C–C–N with tert-alkyl or cyclic N) is 1. The molecule has 2 aromatic carbocycles. The van der Waals surface area contributed by atoms with Crippen LogP contribution in [-0.2, 0) is 16.8 Å². The molecule has 2 aromatic rings. The third kappa shape index (κ3) is 5.14. The van der Waals surface area contributed by atoms with Gasteiger partial charge in [0.25, 0.3) is 0 Å². The fourth-order valence-corrected chi connectivity index (χ4v) is 5.90. The van der Waals surface area contributed by atoms with E-state index in [0.29, 0.717) is 32.5 Å². The van der Waals surface area contributed by atoms with Crippen LogP contribution in [0.1, 0.15) is 36.8 Å². The Balaban J connectivity index is 1.09. The second-order valence-corrected chi connectivity index (χ2v) is 10.7. The van der Waals surface area contributed by atoms with Crippen LogP contribution in [0.3, 0.4) is 0 Å². The molecule has 1 spiro atoms. The minimum absolute atomic E-state index is 0.115. The van der Waals surface area contributed by atoms with E-state index in [0.717, 1.165) is 48.7 Å². The van der Waals surface area contributed by atoms with E-state index in [9.17, 15) is 15.0 Å². The number of rotatable bonds is 5. The number of hydrogen-bond donors (Lipinski definition) is 3. The normalized spacial score (nSPS) is 21.9. The molecule has 0 aliphatic carbocycles. The Kier molecular flexibility index (Phi) is 6.95. The lowest BCUT2D eigenvalue weighted by Gasteiger charge is -2.44. The summed E-state index contributed by atoms with van der Waals surface area (Å²) in [5.41, 5.74) is 2.34. The number of piperidine rings is 2. The molecule has 2 fully saturated rings. The summed E-state index contributed by atoms with van der Waals surface area (Å²) in [5, 5.41) is 26.4. The summed E-state index contributed by atoms with van der Waals surface area (Å²) in [6.07, 6.45) is 1.45. The summed E-state index contributed by atoms with van der Waals surface area (Å²) in [5.74, 6) is 0. The summed E-state index contributed by atoms with van der Waals surface area (Å²) in [6.45, 7) is 4.06. The van der Waals surface area contributed by atoms with Crippen molar-refractivity contribution in [3.63, 3.8) is 0 Å². The van der Waals surface area contributed by atoms with Gasteiger partial charge in [0.15, 0.2) is 0 Å². The highest BCUT2D eigenvalue weighted by molar-refractivity contribution is 6.30. The lowest BCUT2D eigenvalue weighted by Crippen LogP contribution is -2.56. The molecule has 0 bridgehead atoms. The zero-order chi connectivity index (χ0) is 24.5. The van der Waals surface area contributed by atoms with Gasteiger partial charge in [0.1, 0.15) is 6.61 Å². The molecule has 1 amide bonds. The molecule has 0 aromatic heterocycles. The van der Waals surface area contributed by atoms with Crippen molar-refractivity contribution in [3.8, 4) is 0 Å². The molecule has 7 nitrogen and oxygen atoms in total. The van der Waals surface area contributed by atoms with Crippen molar-refractivity contribution in [3.05, 3.63) is 64.7 Å². The molecule has 35 heavy (non-hydrogen) atoms. The topological polar surface area (TPSA) is 85.3 Å². The maximum atomic E-state index is 12.4. The molecule has 8 heteroatoms. The van der Waals surface area contributed by atoms with E-state index in [-0.39, 0.29) is 18.1 Å². The fourth-order valence-electron chi connectivity index (χ4n) is 5.73. The number of carbonyl (C=O) groups is 1. The highest BCUT2D eigenvalue weighted by Crippen LogP contribution is 2.45. The molecular weight excluding hydrogens is 466 g/mol. The Bertz CT molecular complexity index is 1030. The average molecular weight is 500 g/mol. The van der Waals surface area contributed by atoms with Crippen molar-refractivity contribution in [2.24, 2.45) is 0 Å². The Morgan fingerprint density at radius 3 is 2.49 bits per heavy atom. The molecule has 0 radical (unpaired) electrons. The van der Waals surface area contributed by atoms with Gasteiger partial charge in [-0.25, -0.2) is 4.79 Å². The number of anilines is 1. The maximum absolute atomic E-state index is 12.4. The quantitative estimate of drug-likeness (QED) is 0.582. The van der Waals surface area contributed by atoms with E-state index >= 15 is 0 Å². The van der Waals surface area contributed by atoms with Gasteiger partial charge < -0.3 is 30.1 Å². The van der Waals surface area contributed by atoms with Crippen molar-refractivity contribution in [2.75, 3.05) is 44.6 Å². The highest BCUT2D eigenvalue weighted by atomic mass is 35.5. The summed E-state index contributed by atoms with van der Waals surface area (Å²) in [7, 11) is 0. The van der Waals surface area contributed by atoms with Crippen LogP contribution in [0.5, 0.6) is 0 Å². The lowest BCUT2D eigenvalue weighted by atomic mass is 9.74. The standard InChI is InChI=1S/C27H34ClN3O4/c28-21-6-7-22-23(16-21)29-19-26(22)8-12-30(13-9-26)17-24(32)27(34)10-14-31(15-11-27)25(33)35-18-20-4-2-1-3-5-20/h1-7,16,24,29,32,34H,8-15,17-19H2. The monoisotopic (exact) mass is 499 g/mol. The van der Waals surface area contributed by atoms with Crippen LogP contribution in [0.25, 0.3) is 0 Å². The third-order valence-corrected chi connectivity index (χ3v) is 8.36. The van der Waals surface area contributed by atoms with Crippen LogP contribution in [0.4, 0.5) is 10.5 Å². The number of nitrogens with zero attached hydrogens (tertiary/aromatic N) is 2. The van der Waals surface area contributed by atoms with Gasteiger partial charge >= 0.3 is 6.09 Å². The van der Waals surface area contributed by atoms with Crippen molar-refractivity contribution in [2.45, 2.75) is 49.4 Å². The SMILES string of the molecule is O=C(OCc1ccccc1)N1CCC(O)(C(O)CN2CCC3(CC2)CNc2cc(Cl)ccc23)CC1. The van der Waals surface area contributed by atoms with Gasteiger partial charge in [-0.1, -0.05) is 48.0 Å². The molecule has 5 rings (SSSR count). The maximum Gasteiger partial charge on any atom is 0.410 e. The number of aliphatic hydroxyl groups excluding tert-OH is 1. The smallest absolute Gasteiger partial charge is 0.410 e. The van der Waals surface area contributed by atoms with E-state index in [1.165, 1.54) is 5.56 Å². The second kappa shape index (κ2) is 9.97. The average Bonchev–Trinajstić information content (AvgIpc) is 3.22. The van der Waals surface area contributed by atoms with E-state index < -0.39 is 11.7 Å². The van der Waals surface area contributed by atoms with Crippen LogP contribution in [0, 0.1) is 0 Å². The van der Waals surface area contributed by atoms with Gasteiger partial charge in [0.2, 0.25) is 0 Å². The molecule has 1 atom stereocenters. The molecule has 188 valence electrons. The Labute approximate surface area is 211 Å². The van der Waals surface area contributed by atoms with Gasteiger partial charge in [0, 0.05) is 42.3 Å². The van der Waals surface area contributed by atoms with Crippen LogP contribution in [0.2, 0.25) is 5.02 Å². The fraction of sp³-hybridized carbons (Fsp3) is 0.519. The van der Waals surface area contributed by atoms with Crippen LogP contribution >= 0.6 is 11.6 Å². The third-order valence-electron chi connectivity index (χ3n) is 8.13. The van der Waals surface area contributed by atoms with Gasteiger partial charge in [-0.15, -0.1) is 0 Å². The summed E-state index contributed by atoms with van der Waals surface area (Å²) in [4.78, 5) is 16.3. The molecule has 3 aliphatic rings. The zero-order valence-corrected chi connectivity index (χ0v) is 20.7. The predicted molar refractivity (Wildman–Crippen MR) is 136 cm³/mol. The molecular formula is C27H34ClN3O4. The molecule has 0 saturated carbocycles. The van der Waals surface area contributed by atoms with Crippen molar-refractivity contribution in [1.82, 2.24) is 9.80 Å². The number of ether oxygens (including phenoxy) is 1. The van der Waals surface area contributed by atoms with Crippen LogP contribution < -0.4 is 5.32 Å². The van der Waals surface area contributed by atoms with Gasteiger partial charge in [-0.3, -0.25) is 0 Å². The van der Waals surface area contributed by atoms with Gasteiger partial charge in [-0.05, 0) is 62.0 Å². The summed E-state index contributed by atoms with van der Waals surface area (Å²) >= 11 is 6.16. The van der Waals surface area contributed by atoms with Gasteiger partial charge in [-0.2, -0.15) is 0 Å². The number of aliphatic hydroxyl groups is 2. The minimum Gasteiger partial charge on any atom is -0.445 e. The largest absolute Gasteiger partial charge is 0.445 e. The van der Waals surface area contributed by atoms with Crippen molar-refractivity contribution >= 4 is 23.4 Å². The second-order valence-electron chi connectivity index (χ2n) is 10.3. The lowest BCUT2D eigenvalue weighted by molar-refractivity contribution is -0.116. The number of benzene rings is 2. The summed E-state index contributed by atoms with van der Waals surface area (Å²) in [6, 6.07) is 15.7. The number of carbonyl (C=O) groups excluding carboxylic acids is 1. The predicted octanol–water partition coefficient (Wildman–Crippen LogP) is 3.62. The van der Waals surface area contributed by atoms with Crippen molar-refractivity contribution < 1.29 is 19.7 Å². The number of fused-ring (bicyclic) bond motifs is 2. The van der Waals surface area contributed by atoms with E-state index in [2.05, 4.69) is 16.3 Å². The number of hydrogen-bond acceptors (Lipinski definition) is 6. The first-order valence-corrected chi connectivity index (χ1v) is 12.9. The highest BCUT2D eigenvalue weighted by Gasteiger charge is 2.44. The number of nitrogens with one attached hydrogen (secondary N) is 1. The molecule has 1 unspecified atom stereocenters. The Morgan fingerprint density at radius 2 is 1.77 bits per heavy atom. The number of amides is 1. The first kappa shape index (κ1) is 24.4. The molecule has 3 N–H and O–H groups in total. The van der Waals surface area contributed by atoms with Gasteiger partial charge in [0.05, 0.1) is 11.7 Å². The Morgan fingerprint density at radius 1 is 1.06 bits per heavy atom. The molecule has 3 heterocycles. The first-order chi connectivity index (χ1) is 16.9. The minimum atomic E-state index is -1.19. The van der Waals surface area contributed by atoms with Crippen LogP contribution in [-0.4, -0.2) is 77.1 Å². The molecule has 3 aliphatic heterocycles. The zero-order valence-electron chi connectivity index (χ0n) is 20.0.